The number of aromatic amines is 1. The summed E-state index contributed by atoms with van der Waals surface area (Å²) >= 11 is 0. The van der Waals surface area contributed by atoms with Crippen LogP contribution in [0.3, 0.4) is 0 Å². The number of likely N-dealkylation sites (N-methyl/N-ethyl adjacent to an activating group) is 1. The van der Waals surface area contributed by atoms with Gasteiger partial charge in [-0.3, -0.25) is 19.8 Å². The van der Waals surface area contributed by atoms with Gasteiger partial charge in [0.15, 0.2) is 9.84 Å². The number of aromatic nitrogens is 3. The first-order valence-electron chi connectivity index (χ1n) is 12.9. The van der Waals surface area contributed by atoms with Crippen LogP contribution in [-0.2, 0) is 22.6 Å². The number of pyridine rings is 1. The molecule has 42 heavy (non-hydrogen) atoms. The Labute approximate surface area is 240 Å². The molecule has 13 heteroatoms. The number of nitrogens with zero attached hydrogens (tertiary/aromatic N) is 4. The number of piperazine rings is 1. The van der Waals surface area contributed by atoms with Gasteiger partial charge < -0.3 is 10.2 Å². The number of nitrogens with one attached hydrogen (secondary N) is 2. The zero-order valence-corrected chi connectivity index (χ0v) is 23.6. The maximum Gasteiger partial charge on any atom is 0.416 e. The lowest BCUT2D eigenvalue weighted by Gasteiger charge is -2.33. The first-order chi connectivity index (χ1) is 19.9. The molecule has 0 radical (unpaired) electrons. The number of benzene rings is 2. The smallest absolute Gasteiger partial charge is 0.322 e. The highest BCUT2D eigenvalue weighted by Gasteiger charge is 2.34. The van der Waals surface area contributed by atoms with Gasteiger partial charge in [-0.25, -0.2) is 8.42 Å². The standard InChI is InChI=1S/C29H27F3N6O3S/c1-37-9-11-38(12-10-37)18-20-4-5-22(14-25(20)29(30,31)32)34-28(39)21-13-19(16-33-17-21)3-7-26-24-15-23(42(2,40)41)6-8-27(24)36-35-26/h4-6,8,13-17H,9-12,18H2,1-2H3,(H,34,39)(H,35,36). The van der Waals surface area contributed by atoms with Gasteiger partial charge in [-0.2, -0.15) is 18.3 Å². The van der Waals surface area contributed by atoms with Crippen molar-refractivity contribution in [3.05, 3.63) is 82.8 Å². The van der Waals surface area contributed by atoms with Crippen LogP contribution in [0.4, 0.5) is 18.9 Å². The molecule has 0 spiro atoms. The highest BCUT2D eigenvalue weighted by Crippen LogP contribution is 2.34. The molecule has 0 aliphatic carbocycles. The number of rotatable bonds is 5. The molecule has 1 aliphatic heterocycles. The number of sulfone groups is 1. The topological polar surface area (TPSA) is 111 Å². The number of amides is 1. The molecule has 1 aliphatic rings. The van der Waals surface area contributed by atoms with E-state index in [0.29, 0.717) is 35.2 Å². The summed E-state index contributed by atoms with van der Waals surface area (Å²) in [7, 11) is -1.45. The van der Waals surface area contributed by atoms with Crippen molar-refractivity contribution in [2.45, 2.75) is 17.6 Å². The van der Waals surface area contributed by atoms with E-state index in [-0.39, 0.29) is 28.3 Å². The number of alkyl halides is 3. The van der Waals surface area contributed by atoms with Crippen LogP contribution < -0.4 is 5.32 Å². The molecule has 2 aromatic heterocycles. The van der Waals surface area contributed by atoms with Crippen molar-refractivity contribution in [3.63, 3.8) is 0 Å². The largest absolute Gasteiger partial charge is 0.416 e. The number of carbonyl (C=O) groups is 1. The number of hydrogen-bond acceptors (Lipinski definition) is 7. The quantitative estimate of drug-likeness (QED) is 0.338. The van der Waals surface area contributed by atoms with E-state index < -0.39 is 27.5 Å². The number of anilines is 1. The highest BCUT2D eigenvalue weighted by molar-refractivity contribution is 7.90. The van der Waals surface area contributed by atoms with Crippen LogP contribution in [-0.4, -0.2) is 78.8 Å². The molecule has 2 N–H and O–H groups in total. The molecule has 9 nitrogen and oxygen atoms in total. The van der Waals surface area contributed by atoms with Gasteiger partial charge >= 0.3 is 6.18 Å². The van der Waals surface area contributed by atoms with Gasteiger partial charge in [0.2, 0.25) is 0 Å². The van der Waals surface area contributed by atoms with Gasteiger partial charge in [0.1, 0.15) is 5.69 Å². The zero-order chi connectivity index (χ0) is 30.1. The lowest BCUT2D eigenvalue weighted by atomic mass is 10.0. The van der Waals surface area contributed by atoms with Crippen molar-refractivity contribution in [1.82, 2.24) is 25.0 Å². The molecule has 1 saturated heterocycles. The van der Waals surface area contributed by atoms with E-state index in [1.165, 1.54) is 42.7 Å². The van der Waals surface area contributed by atoms with E-state index in [0.717, 1.165) is 25.4 Å². The third kappa shape index (κ3) is 6.79. The lowest BCUT2D eigenvalue weighted by Crippen LogP contribution is -2.44. The maximum atomic E-state index is 13.9. The van der Waals surface area contributed by atoms with E-state index in [1.807, 2.05) is 11.9 Å². The summed E-state index contributed by atoms with van der Waals surface area (Å²) in [5.41, 5.74) is 0.739. The number of H-pyrrole nitrogens is 1. The Kier molecular flexibility index (Phi) is 8.05. The molecule has 3 heterocycles. The summed E-state index contributed by atoms with van der Waals surface area (Å²) in [6.45, 7) is 3.10. The minimum atomic E-state index is -4.59. The summed E-state index contributed by atoms with van der Waals surface area (Å²) in [6.07, 6.45) is -0.766. The van der Waals surface area contributed by atoms with Crippen molar-refractivity contribution in [2.75, 3.05) is 44.8 Å². The van der Waals surface area contributed by atoms with E-state index in [1.54, 1.807) is 6.07 Å². The fourth-order valence-electron chi connectivity index (χ4n) is 4.59. The highest BCUT2D eigenvalue weighted by atomic mass is 32.2. The lowest BCUT2D eigenvalue weighted by molar-refractivity contribution is -0.138. The van der Waals surface area contributed by atoms with Crippen molar-refractivity contribution in [1.29, 1.82) is 0 Å². The fourth-order valence-corrected chi connectivity index (χ4v) is 5.24. The van der Waals surface area contributed by atoms with Gasteiger partial charge in [0, 0.05) is 68.0 Å². The van der Waals surface area contributed by atoms with Crippen LogP contribution in [0.1, 0.15) is 32.7 Å². The molecule has 0 unspecified atom stereocenters. The first-order valence-corrected chi connectivity index (χ1v) is 14.8. The minimum Gasteiger partial charge on any atom is -0.322 e. The third-order valence-electron chi connectivity index (χ3n) is 6.95. The fraction of sp³-hybridized carbons (Fsp3) is 0.276. The second-order valence-electron chi connectivity index (χ2n) is 10.2. The number of hydrogen-bond donors (Lipinski definition) is 2. The Balaban J connectivity index is 1.34. The van der Waals surface area contributed by atoms with Crippen LogP contribution in [0.15, 0.2) is 59.8 Å². The van der Waals surface area contributed by atoms with Crippen LogP contribution in [0, 0.1) is 11.8 Å². The van der Waals surface area contributed by atoms with Gasteiger partial charge in [-0.05, 0) is 54.9 Å². The van der Waals surface area contributed by atoms with E-state index in [9.17, 15) is 26.4 Å². The second kappa shape index (κ2) is 11.6. The SMILES string of the molecule is CN1CCN(Cc2ccc(NC(=O)c3cncc(C#Cc4n[nH]c5ccc(S(C)(=O)=O)cc45)c3)cc2C(F)(F)F)CC1. The normalized spacial score (nSPS) is 14.9. The van der Waals surface area contributed by atoms with Gasteiger partial charge in [0.25, 0.3) is 5.91 Å². The summed E-state index contributed by atoms with van der Waals surface area (Å²) in [5.74, 6) is 5.06. The molecule has 1 fully saturated rings. The van der Waals surface area contributed by atoms with E-state index in [2.05, 4.69) is 37.2 Å². The van der Waals surface area contributed by atoms with Crippen LogP contribution >= 0.6 is 0 Å². The van der Waals surface area contributed by atoms with Crippen LogP contribution in [0.5, 0.6) is 0 Å². The Hall–Kier alpha value is -4.25. The summed E-state index contributed by atoms with van der Waals surface area (Å²) < 4.78 is 65.7. The molecule has 0 saturated carbocycles. The monoisotopic (exact) mass is 596 g/mol. The van der Waals surface area contributed by atoms with Crippen LogP contribution in [0.2, 0.25) is 0 Å². The maximum absolute atomic E-state index is 13.9. The first kappa shape index (κ1) is 29.2. The Morgan fingerprint density at radius 3 is 2.52 bits per heavy atom. The Morgan fingerprint density at radius 1 is 1.05 bits per heavy atom. The number of carbonyl (C=O) groups excluding carboxylic acids is 1. The average Bonchev–Trinajstić information content (AvgIpc) is 3.35. The van der Waals surface area contributed by atoms with E-state index >= 15 is 0 Å². The average molecular weight is 597 g/mol. The third-order valence-corrected chi connectivity index (χ3v) is 8.06. The molecule has 2 aromatic carbocycles. The minimum absolute atomic E-state index is 0.00983. The second-order valence-corrected chi connectivity index (χ2v) is 12.2. The van der Waals surface area contributed by atoms with Gasteiger partial charge in [-0.15, -0.1) is 0 Å². The number of fused-ring (bicyclic) bond motifs is 1. The summed E-state index contributed by atoms with van der Waals surface area (Å²) in [5, 5.41) is 9.97. The summed E-state index contributed by atoms with van der Waals surface area (Å²) in [6, 6.07) is 9.82. The van der Waals surface area contributed by atoms with E-state index in [4.69, 9.17) is 0 Å². The summed E-state index contributed by atoms with van der Waals surface area (Å²) in [4.78, 5) is 21.2. The molecule has 1 amide bonds. The molecular weight excluding hydrogens is 569 g/mol. The molecule has 0 bridgehead atoms. The molecule has 218 valence electrons. The van der Waals surface area contributed by atoms with Crippen molar-refractivity contribution >= 4 is 32.3 Å². The van der Waals surface area contributed by atoms with Crippen molar-refractivity contribution < 1.29 is 26.4 Å². The number of halogens is 3. The molecular formula is C29H27F3N6O3S. The zero-order valence-electron chi connectivity index (χ0n) is 22.8. The molecule has 4 aromatic rings. The Bertz CT molecular complexity index is 1820. The van der Waals surface area contributed by atoms with Crippen LogP contribution in [0.25, 0.3) is 10.9 Å². The van der Waals surface area contributed by atoms with Gasteiger partial charge in [0.05, 0.1) is 21.5 Å². The Morgan fingerprint density at radius 2 is 1.81 bits per heavy atom. The van der Waals surface area contributed by atoms with Crippen molar-refractivity contribution in [3.8, 4) is 11.8 Å². The molecule has 5 rings (SSSR count). The van der Waals surface area contributed by atoms with Gasteiger partial charge in [-0.1, -0.05) is 12.0 Å². The van der Waals surface area contributed by atoms with Crippen molar-refractivity contribution in [2.24, 2.45) is 0 Å². The molecule has 0 atom stereocenters. The predicted octanol–water partition coefficient (Wildman–Crippen LogP) is 3.78. The predicted molar refractivity (Wildman–Crippen MR) is 152 cm³/mol.